The lowest BCUT2D eigenvalue weighted by Crippen LogP contribution is -2.38. The second kappa shape index (κ2) is 6.28. The predicted octanol–water partition coefficient (Wildman–Crippen LogP) is 1.88. The smallest absolute Gasteiger partial charge is 0.260 e. The summed E-state index contributed by atoms with van der Waals surface area (Å²) in [5, 5.41) is 4.25. The number of hydrogen-bond donors (Lipinski definition) is 0. The van der Waals surface area contributed by atoms with Crippen LogP contribution in [-0.4, -0.2) is 46.9 Å². The van der Waals surface area contributed by atoms with E-state index in [0.29, 0.717) is 31.2 Å². The number of rotatable bonds is 3. The molecule has 4 rings (SSSR count). The van der Waals surface area contributed by atoms with E-state index in [-0.39, 0.29) is 12.0 Å². The first-order valence-electron chi connectivity index (χ1n) is 8.35. The fourth-order valence-electron chi connectivity index (χ4n) is 3.34. The van der Waals surface area contributed by atoms with E-state index < -0.39 is 0 Å². The highest BCUT2D eigenvalue weighted by Crippen LogP contribution is 2.25. The van der Waals surface area contributed by atoms with E-state index in [1.165, 1.54) is 11.1 Å². The minimum absolute atomic E-state index is 0.0150. The van der Waals surface area contributed by atoms with E-state index in [1.807, 2.05) is 12.1 Å². The molecule has 2 aromatic rings. The maximum atomic E-state index is 12.7. The Morgan fingerprint density at radius 3 is 3.08 bits per heavy atom. The molecule has 0 bridgehead atoms. The van der Waals surface area contributed by atoms with Gasteiger partial charge < -0.3 is 14.4 Å². The molecule has 1 aromatic heterocycles. The van der Waals surface area contributed by atoms with Crippen LogP contribution in [0.2, 0.25) is 0 Å². The van der Waals surface area contributed by atoms with Gasteiger partial charge in [0.15, 0.2) is 0 Å². The van der Waals surface area contributed by atoms with E-state index in [0.717, 1.165) is 19.4 Å². The summed E-state index contributed by atoms with van der Waals surface area (Å²) in [6.07, 6.45) is 3.38. The zero-order valence-electron chi connectivity index (χ0n) is 13.8. The number of hydrogen-bond acceptors (Lipinski definition) is 4. The molecule has 0 N–H and O–H groups in total. The monoisotopic (exact) mass is 327 g/mol. The van der Waals surface area contributed by atoms with Crippen molar-refractivity contribution >= 4 is 5.91 Å². The van der Waals surface area contributed by atoms with Gasteiger partial charge in [-0.05, 0) is 11.1 Å². The molecule has 24 heavy (non-hydrogen) atoms. The summed E-state index contributed by atoms with van der Waals surface area (Å²) in [5.41, 5.74) is 3.08. The molecule has 1 amide bonds. The van der Waals surface area contributed by atoms with Crippen molar-refractivity contribution in [1.82, 2.24) is 14.7 Å². The molecular formula is C18H21N3O3. The van der Waals surface area contributed by atoms with Crippen molar-refractivity contribution in [3.05, 3.63) is 47.2 Å². The second-order valence-electron chi connectivity index (χ2n) is 6.38. The summed E-state index contributed by atoms with van der Waals surface area (Å²) < 4.78 is 13.3. The minimum atomic E-state index is -0.0689. The van der Waals surface area contributed by atoms with E-state index in [9.17, 15) is 4.79 Å². The highest BCUT2D eigenvalue weighted by Gasteiger charge is 2.27. The molecule has 0 saturated carbocycles. The molecule has 6 heteroatoms. The number of amides is 1. The van der Waals surface area contributed by atoms with Crippen LogP contribution in [-0.2, 0) is 24.3 Å². The maximum Gasteiger partial charge on any atom is 0.260 e. The molecule has 0 aliphatic carbocycles. The fourth-order valence-corrected chi connectivity index (χ4v) is 3.34. The third-order valence-corrected chi connectivity index (χ3v) is 4.64. The first-order valence-corrected chi connectivity index (χ1v) is 8.35. The molecular weight excluding hydrogens is 306 g/mol. The minimum Gasteiger partial charge on any atom is -0.477 e. The molecule has 0 saturated heterocycles. The van der Waals surface area contributed by atoms with Crippen LogP contribution in [0.25, 0.3) is 0 Å². The van der Waals surface area contributed by atoms with Crippen molar-refractivity contribution in [3.8, 4) is 5.88 Å². The van der Waals surface area contributed by atoms with E-state index in [1.54, 1.807) is 22.8 Å². The molecule has 0 fully saturated rings. The quantitative estimate of drug-likeness (QED) is 0.864. The zero-order chi connectivity index (χ0) is 16.5. The average Bonchev–Trinajstić information content (AvgIpc) is 3.05. The largest absolute Gasteiger partial charge is 0.477 e. The topological polar surface area (TPSA) is 56.6 Å². The van der Waals surface area contributed by atoms with Crippen LogP contribution < -0.4 is 4.74 Å². The van der Waals surface area contributed by atoms with Crippen LogP contribution >= 0.6 is 0 Å². The number of likely N-dealkylation sites (N-methyl/N-ethyl adjacent to an activating group) is 1. The fraction of sp³-hybridized carbons (Fsp3) is 0.444. The second-order valence-corrected chi connectivity index (χ2v) is 6.38. The molecule has 1 aromatic carbocycles. The summed E-state index contributed by atoms with van der Waals surface area (Å²) in [6, 6.07) is 8.31. The Bertz CT molecular complexity index is 756. The van der Waals surface area contributed by atoms with Crippen molar-refractivity contribution in [2.45, 2.75) is 32.1 Å². The standard InChI is InChI=1S/C18H21N3O3/c1-20(11-15-9-13-5-2-3-6-14(13)12-24-15)17(22)16-10-19-21-7-4-8-23-18(16)21/h2-3,5-6,10,15H,4,7-9,11-12H2,1H3. The SMILES string of the molecule is CN(CC1Cc2ccccc2CO1)C(=O)c1cnn2c1OCCC2. The Morgan fingerprint density at radius 2 is 2.21 bits per heavy atom. The van der Waals surface area contributed by atoms with Gasteiger partial charge in [-0.1, -0.05) is 24.3 Å². The number of fused-ring (bicyclic) bond motifs is 2. The number of carbonyl (C=O) groups excluding carboxylic acids is 1. The van der Waals surface area contributed by atoms with Gasteiger partial charge >= 0.3 is 0 Å². The van der Waals surface area contributed by atoms with Gasteiger partial charge in [-0.3, -0.25) is 4.79 Å². The summed E-state index contributed by atoms with van der Waals surface area (Å²) in [5.74, 6) is 0.522. The van der Waals surface area contributed by atoms with Crippen molar-refractivity contribution in [2.24, 2.45) is 0 Å². The van der Waals surface area contributed by atoms with Gasteiger partial charge in [0.05, 0.1) is 25.5 Å². The summed E-state index contributed by atoms with van der Waals surface area (Å²) in [7, 11) is 1.80. The molecule has 2 aliphatic heterocycles. The van der Waals surface area contributed by atoms with Gasteiger partial charge in [0.25, 0.3) is 5.91 Å². The highest BCUT2D eigenvalue weighted by atomic mass is 16.5. The molecule has 6 nitrogen and oxygen atoms in total. The van der Waals surface area contributed by atoms with Gasteiger partial charge in [-0.15, -0.1) is 0 Å². The molecule has 126 valence electrons. The van der Waals surface area contributed by atoms with Crippen molar-refractivity contribution in [1.29, 1.82) is 0 Å². The van der Waals surface area contributed by atoms with Crippen LogP contribution in [0.4, 0.5) is 0 Å². The maximum absolute atomic E-state index is 12.7. The van der Waals surface area contributed by atoms with Crippen molar-refractivity contribution in [3.63, 3.8) is 0 Å². The van der Waals surface area contributed by atoms with Gasteiger partial charge in [-0.2, -0.15) is 5.10 Å². The van der Waals surface area contributed by atoms with Gasteiger partial charge in [0.2, 0.25) is 5.88 Å². The Hall–Kier alpha value is -2.34. The van der Waals surface area contributed by atoms with Gasteiger partial charge in [0.1, 0.15) is 5.56 Å². The number of carbonyl (C=O) groups is 1. The van der Waals surface area contributed by atoms with Crippen molar-refractivity contribution in [2.75, 3.05) is 20.2 Å². The van der Waals surface area contributed by atoms with Crippen LogP contribution in [0.3, 0.4) is 0 Å². The highest BCUT2D eigenvalue weighted by molar-refractivity contribution is 5.96. The molecule has 0 radical (unpaired) electrons. The Morgan fingerprint density at radius 1 is 1.38 bits per heavy atom. The first-order chi connectivity index (χ1) is 11.7. The Balaban J connectivity index is 1.44. The summed E-state index contributed by atoms with van der Waals surface area (Å²) in [6.45, 7) is 2.60. The molecule has 1 unspecified atom stereocenters. The molecule has 0 spiro atoms. The Labute approximate surface area is 141 Å². The van der Waals surface area contributed by atoms with E-state index in [4.69, 9.17) is 9.47 Å². The van der Waals surface area contributed by atoms with Crippen molar-refractivity contribution < 1.29 is 14.3 Å². The third-order valence-electron chi connectivity index (χ3n) is 4.64. The molecule has 1 atom stereocenters. The first kappa shape index (κ1) is 15.2. The number of benzene rings is 1. The van der Waals surface area contributed by atoms with Crippen LogP contribution in [0.15, 0.2) is 30.5 Å². The van der Waals surface area contributed by atoms with E-state index >= 15 is 0 Å². The number of ether oxygens (including phenoxy) is 2. The Kier molecular flexibility index (Phi) is 3.98. The van der Waals surface area contributed by atoms with Gasteiger partial charge in [0, 0.05) is 33.0 Å². The third kappa shape index (κ3) is 2.78. The van der Waals surface area contributed by atoms with Crippen LogP contribution in [0, 0.1) is 0 Å². The predicted molar refractivity (Wildman–Crippen MR) is 88.0 cm³/mol. The van der Waals surface area contributed by atoms with Gasteiger partial charge in [-0.25, -0.2) is 4.68 Å². The normalized spacial score (nSPS) is 19.1. The lowest BCUT2D eigenvalue weighted by molar-refractivity contribution is 0.00974. The zero-order valence-corrected chi connectivity index (χ0v) is 13.8. The lowest BCUT2D eigenvalue weighted by atomic mass is 9.99. The molecule has 3 heterocycles. The van der Waals surface area contributed by atoms with Crippen LogP contribution in [0.1, 0.15) is 27.9 Å². The summed E-state index contributed by atoms with van der Waals surface area (Å²) >= 11 is 0. The van der Waals surface area contributed by atoms with E-state index in [2.05, 4.69) is 17.2 Å². The number of aromatic nitrogens is 2. The summed E-state index contributed by atoms with van der Waals surface area (Å²) in [4.78, 5) is 14.4. The lowest BCUT2D eigenvalue weighted by Gasteiger charge is -2.29. The van der Waals surface area contributed by atoms with Crippen LogP contribution in [0.5, 0.6) is 5.88 Å². The average molecular weight is 327 g/mol. The molecule has 2 aliphatic rings. The number of nitrogens with zero attached hydrogens (tertiary/aromatic N) is 3. The number of aryl methyl sites for hydroxylation is 1.